The van der Waals surface area contributed by atoms with Crippen LogP contribution in [0.2, 0.25) is 0 Å². The highest BCUT2D eigenvalue weighted by molar-refractivity contribution is 5.85. The van der Waals surface area contributed by atoms with Crippen molar-refractivity contribution in [1.82, 2.24) is 0 Å². The van der Waals surface area contributed by atoms with Crippen molar-refractivity contribution in [2.75, 3.05) is 7.11 Å². The molecule has 0 saturated carbocycles. The van der Waals surface area contributed by atoms with Gasteiger partial charge in [-0.25, -0.2) is 0 Å². The number of halogens is 4. The fourth-order valence-electron chi connectivity index (χ4n) is 1.17. The number of hydrogen-bond donors (Lipinski definition) is 1. The lowest BCUT2D eigenvalue weighted by Crippen LogP contribution is -2.23. The number of alkyl halides is 3. The fourth-order valence-corrected chi connectivity index (χ4v) is 1.17. The van der Waals surface area contributed by atoms with Crippen molar-refractivity contribution >= 4 is 18.4 Å². The molecule has 0 aliphatic heterocycles. The van der Waals surface area contributed by atoms with Crippen LogP contribution in [-0.4, -0.2) is 19.4 Å². The third-order valence-corrected chi connectivity index (χ3v) is 1.91. The van der Waals surface area contributed by atoms with Gasteiger partial charge in [-0.3, -0.25) is 4.79 Å². The van der Waals surface area contributed by atoms with Crippen molar-refractivity contribution in [2.45, 2.75) is 12.4 Å². The Kier molecular flexibility index (Phi) is 5.93. The first-order valence-corrected chi connectivity index (χ1v) is 4.52. The summed E-state index contributed by atoms with van der Waals surface area (Å²) in [5.74, 6) is -1.18. The molecular formula is C10H11ClF3NO3. The van der Waals surface area contributed by atoms with Crippen LogP contribution < -0.4 is 10.5 Å². The van der Waals surface area contributed by atoms with Gasteiger partial charge in [0.25, 0.3) is 0 Å². The predicted molar refractivity (Wildman–Crippen MR) is 59.3 cm³/mol. The lowest BCUT2D eigenvalue weighted by molar-refractivity contribution is -0.274. The smallest absolute Gasteiger partial charge is 0.468 e. The molecule has 1 atom stereocenters. The van der Waals surface area contributed by atoms with Crippen LogP contribution >= 0.6 is 12.4 Å². The van der Waals surface area contributed by atoms with Gasteiger partial charge in [0.05, 0.1) is 7.11 Å². The van der Waals surface area contributed by atoms with Crippen LogP contribution in [0.5, 0.6) is 5.75 Å². The van der Waals surface area contributed by atoms with Crippen molar-refractivity contribution in [1.29, 1.82) is 0 Å². The zero-order chi connectivity index (χ0) is 13.1. The molecule has 0 fully saturated rings. The van der Waals surface area contributed by atoms with Crippen molar-refractivity contribution in [2.24, 2.45) is 5.73 Å². The van der Waals surface area contributed by atoms with Gasteiger partial charge in [0, 0.05) is 0 Å². The maximum atomic E-state index is 12.0. The minimum Gasteiger partial charge on any atom is -0.468 e. The zero-order valence-electron chi connectivity index (χ0n) is 9.23. The van der Waals surface area contributed by atoms with Crippen LogP contribution in [-0.2, 0) is 9.53 Å². The van der Waals surface area contributed by atoms with Gasteiger partial charge in [0.15, 0.2) is 0 Å². The van der Waals surface area contributed by atoms with E-state index in [0.717, 1.165) is 19.2 Å². The molecule has 0 bridgehead atoms. The third-order valence-electron chi connectivity index (χ3n) is 1.91. The summed E-state index contributed by atoms with van der Waals surface area (Å²) < 4.78 is 43.9. The molecule has 0 saturated heterocycles. The Morgan fingerprint density at radius 3 is 2.50 bits per heavy atom. The number of methoxy groups -OCH3 is 1. The van der Waals surface area contributed by atoms with E-state index in [4.69, 9.17) is 5.73 Å². The second-order valence-electron chi connectivity index (χ2n) is 3.12. The first-order valence-electron chi connectivity index (χ1n) is 4.52. The van der Waals surface area contributed by atoms with Gasteiger partial charge < -0.3 is 15.2 Å². The Morgan fingerprint density at radius 2 is 2.00 bits per heavy atom. The molecule has 0 spiro atoms. The molecular weight excluding hydrogens is 275 g/mol. The predicted octanol–water partition coefficient (Wildman–Crippen LogP) is 2.18. The summed E-state index contributed by atoms with van der Waals surface area (Å²) in [5, 5.41) is 0. The standard InChI is InChI=1S/C10H10F3NO3.ClH/c1-16-9(15)8(14)6-3-2-4-7(5-6)17-10(11,12)13;/h2-5,8H,14H2,1H3;1H/t8-;/m1./s1. The lowest BCUT2D eigenvalue weighted by atomic mass is 10.1. The average Bonchev–Trinajstić information content (AvgIpc) is 2.25. The summed E-state index contributed by atoms with van der Waals surface area (Å²) in [7, 11) is 1.14. The molecule has 102 valence electrons. The number of carbonyl (C=O) groups excluding carboxylic acids is 1. The summed E-state index contributed by atoms with van der Waals surface area (Å²) >= 11 is 0. The van der Waals surface area contributed by atoms with Gasteiger partial charge in [-0.15, -0.1) is 25.6 Å². The quantitative estimate of drug-likeness (QED) is 0.865. The molecule has 0 aromatic heterocycles. The maximum Gasteiger partial charge on any atom is 0.573 e. The summed E-state index contributed by atoms with van der Waals surface area (Å²) in [5.41, 5.74) is 5.65. The molecule has 1 aromatic carbocycles. The monoisotopic (exact) mass is 285 g/mol. The van der Waals surface area contributed by atoms with Gasteiger partial charge in [-0.2, -0.15) is 0 Å². The minimum atomic E-state index is -4.78. The topological polar surface area (TPSA) is 61.5 Å². The van der Waals surface area contributed by atoms with E-state index in [1.165, 1.54) is 12.1 Å². The van der Waals surface area contributed by atoms with Crippen LogP contribution in [0.1, 0.15) is 11.6 Å². The van der Waals surface area contributed by atoms with E-state index in [1.54, 1.807) is 0 Å². The normalized spacial score (nSPS) is 12.3. The van der Waals surface area contributed by atoms with Crippen LogP contribution in [0.25, 0.3) is 0 Å². The van der Waals surface area contributed by atoms with Gasteiger partial charge in [-0.1, -0.05) is 12.1 Å². The molecule has 0 radical (unpaired) electrons. The lowest BCUT2D eigenvalue weighted by Gasteiger charge is -2.12. The second-order valence-corrected chi connectivity index (χ2v) is 3.12. The number of benzene rings is 1. The van der Waals surface area contributed by atoms with Gasteiger partial charge in [-0.05, 0) is 17.7 Å². The average molecular weight is 286 g/mol. The van der Waals surface area contributed by atoms with Crippen LogP contribution in [0.15, 0.2) is 24.3 Å². The van der Waals surface area contributed by atoms with E-state index < -0.39 is 24.1 Å². The molecule has 4 nitrogen and oxygen atoms in total. The number of hydrogen-bond acceptors (Lipinski definition) is 4. The number of ether oxygens (including phenoxy) is 2. The first kappa shape index (κ1) is 16.5. The van der Waals surface area contributed by atoms with E-state index in [1.807, 2.05) is 0 Å². The molecule has 0 amide bonds. The van der Waals surface area contributed by atoms with Crippen molar-refractivity contribution in [3.63, 3.8) is 0 Å². The van der Waals surface area contributed by atoms with E-state index in [2.05, 4.69) is 9.47 Å². The highest BCUT2D eigenvalue weighted by Gasteiger charge is 2.31. The molecule has 2 N–H and O–H groups in total. The van der Waals surface area contributed by atoms with Crippen molar-refractivity contribution < 1.29 is 27.4 Å². The molecule has 0 unspecified atom stereocenters. The second kappa shape index (κ2) is 6.46. The summed E-state index contributed by atoms with van der Waals surface area (Å²) in [6.45, 7) is 0. The summed E-state index contributed by atoms with van der Waals surface area (Å²) in [6, 6.07) is 3.72. The van der Waals surface area contributed by atoms with E-state index in [-0.39, 0.29) is 18.0 Å². The Hall–Kier alpha value is -1.47. The SMILES string of the molecule is COC(=O)[C@H](N)c1cccc(OC(F)(F)F)c1.Cl. The minimum absolute atomic E-state index is 0. The van der Waals surface area contributed by atoms with Gasteiger partial charge >= 0.3 is 12.3 Å². The summed E-state index contributed by atoms with van der Waals surface area (Å²) in [6.07, 6.45) is -4.78. The number of esters is 1. The number of carbonyl (C=O) groups is 1. The van der Waals surface area contributed by atoms with Crippen molar-refractivity contribution in [3.8, 4) is 5.75 Å². The van der Waals surface area contributed by atoms with Crippen LogP contribution in [0, 0.1) is 0 Å². The molecule has 18 heavy (non-hydrogen) atoms. The van der Waals surface area contributed by atoms with Gasteiger partial charge in [0.2, 0.25) is 0 Å². The third kappa shape index (κ3) is 4.80. The van der Waals surface area contributed by atoms with E-state index >= 15 is 0 Å². The fraction of sp³-hybridized carbons (Fsp3) is 0.300. The molecule has 0 aliphatic rings. The van der Waals surface area contributed by atoms with Gasteiger partial charge in [0.1, 0.15) is 11.8 Å². The molecule has 0 aliphatic carbocycles. The first-order chi connectivity index (χ1) is 7.83. The Labute approximate surface area is 107 Å². The zero-order valence-corrected chi connectivity index (χ0v) is 10.0. The Morgan fingerprint density at radius 1 is 1.39 bits per heavy atom. The van der Waals surface area contributed by atoms with Crippen molar-refractivity contribution in [3.05, 3.63) is 29.8 Å². The summed E-state index contributed by atoms with van der Waals surface area (Å²) in [4.78, 5) is 11.1. The van der Waals surface area contributed by atoms with E-state index in [0.29, 0.717) is 0 Å². The van der Waals surface area contributed by atoms with Crippen LogP contribution in [0.3, 0.4) is 0 Å². The Bertz CT molecular complexity index is 412. The highest BCUT2D eigenvalue weighted by atomic mass is 35.5. The number of nitrogens with two attached hydrogens (primary N) is 1. The maximum absolute atomic E-state index is 12.0. The van der Waals surface area contributed by atoms with E-state index in [9.17, 15) is 18.0 Å². The van der Waals surface area contributed by atoms with Crippen LogP contribution in [0.4, 0.5) is 13.2 Å². The Balaban J connectivity index is 0.00000289. The molecule has 1 rings (SSSR count). The largest absolute Gasteiger partial charge is 0.573 e. The molecule has 1 aromatic rings. The number of rotatable bonds is 3. The molecule has 8 heteroatoms. The highest BCUT2D eigenvalue weighted by Crippen LogP contribution is 2.25. The molecule has 0 heterocycles.